The second kappa shape index (κ2) is 7.57. The van der Waals surface area contributed by atoms with Crippen molar-refractivity contribution in [2.45, 2.75) is 31.6 Å². The second-order valence-corrected chi connectivity index (χ2v) is 7.46. The van der Waals surface area contributed by atoms with Crippen molar-refractivity contribution in [3.05, 3.63) is 52.5 Å². The number of rotatable bonds is 6. The summed E-state index contributed by atoms with van der Waals surface area (Å²) >= 11 is 0. The number of allylic oxidation sites excluding steroid dienone is 3. The predicted octanol–water partition coefficient (Wildman–Crippen LogP) is 2.07. The fraction of sp³-hybridized carbons (Fsp3) is 0.278. The Balaban J connectivity index is 2.55. The number of hydrogen-bond acceptors (Lipinski definition) is 6. The van der Waals surface area contributed by atoms with Gasteiger partial charge in [0.25, 0.3) is 0 Å². The molecule has 25 heavy (non-hydrogen) atoms. The molecule has 0 unspecified atom stereocenters. The van der Waals surface area contributed by atoms with Gasteiger partial charge in [0.15, 0.2) is 11.6 Å². The highest BCUT2D eigenvalue weighted by Crippen LogP contribution is 2.27. The van der Waals surface area contributed by atoms with Crippen LogP contribution in [0.1, 0.15) is 25.3 Å². The molecule has 0 heterocycles. The molecule has 0 amide bonds. The maximum Gasteiger partial charge on any atom is 0.343 e. The van der Waals surface area contributed by atoms with Gasteiger partial charge in [-0.1, -0.05) is 31.0 Å². The molecule has 1 aliphatic carbocycles. The zero-order valence-electron chi connectivity index (χ0n) is 13.9. The Kier molecular flexibility index (Phi) is 5.69. The lowest BCUT2D eigenvalue weighted by atomic mass is 10.0. The maximum absolute atomic E-state index is 12.8. The van der Waals surface area contributed by atoms with Crippen LogP contribution in [-0.2, 0) is 29.0 Å². The molecule has 2 rings (SSSR count). The number of unbranched alkanes of at least 4 members (excludes halogenated alkanes) is 1. The number of hydrogen-bond donors (Lipinski definition) is 0. The van der Waals surface area contributed by atoms with Crippen LogP contribution in [0.5, 0.6) is 0 Å². The van der Waals surface area contributed by atoms with E-state index in [0.717, 1.165) is 24.1 Å². The van der Waals surface area contributed by atoms with Gasteiger partial charge in [-0.15, -0.1) is 0 Å². The molecule has 1 aromatic carbocycles. The van der Waals surface area contributed by atoms with Crippen molar-refractivity contribution in [2.24, 2.45) is 0 Å². The van der Waals surface area contributed by atoms with Crippen LogP contribution < -0.4 is 0 Å². The standard InChI is InChI=1S/C18H18O6S/c1-3-4-11-24-18(21)16-14(19)9-10-15(20)17(16)25(22,23)13-7-5-12(2)6-8-13/h5-10H,3-4,11H2,1-2H3. The van der Waals surface area contributed by atoms with Gasteiger partial charge in [-0.05, 0) is 37.6 Å². The third-order valence-electron chi connectivity index (χ3n) is 3.62. The topological polar surface area (TPSA) is 94.6 Å². The molecule has 1 aromatic rings. The number of carbonyl (C=O) groups excluding carboxylic acids is 3. The van der Waals surface area contributed by atoms with Gasteiger partial charge in [0.1, 0.15) is 10.5 Å². The smallest absolute Gasteiger partial charge is 0.343 e. The zero-order valence-corrected chi connectivity index (χ0v) is 14.8. The number of esters is 1. The van der Waals surface area contributed by atoms with Gasteiger partial charge in [-0.3, -0.25) is 9.59 Å². The first kappa shape index (κ1) is 18.8. The monoisotopic (exact) mass is 362 g/mol. The molecule has 0 aliphatic heterocycles. The van der Waals surface area contributed by atoms with E-state index >= 15 is 0 Å². The Bertz CT molecular complexity index is 873. The van der Waals surface area contributed by atoms with Gasteiger partial charge < -0.3 is 4.74 Å². The lowest BCUT2D eigenvalue weighted by Gasteiger charge is -2.14. The van der Waals surface area contributed by atoms with Crippen molar-refractivity contribution in [1.82, 2.24) is 0 Å². The molecule has 0 atom stereocenters. The minimum absolute atomic E-state index is 0.0435. The number of ether oxygens (including phenoxy) is 1. The number of ketones is 2. The summed E-state index contributed by atoms with van der Waals surface area (Å²) in [5.41, 5.74) is 0.0993. The SMILES string of the molecule is CCCCOC(=O)C1=C(S(=O)(=O)c2ccc(C)cc2)C(=O)C=CC1=O. The van der Waals surface area contributed by atoms with E-state index in [-0.39, 0.29) is 11.5 Å². The van der Waals surface area contributed by atoms with Crippen LogP contribution in [0.25, 0.3) is 0 Å². The van der Waals surface area contributed by atoms with E-state index in [2.05, 4.69) is 0 Å². The second-order valence-electron chi connectivity index (χ2n) is 5.57. The summed E-state index contributed by atoms with van der Waals surface area (Å²) < 4.78 is 30.6. The van der Waals surface area contributed by atoms with Crippen LogP contribution in [0.15, 0.2) is 51.8 Å². The molecule has 0 saturated heterocycles. The summed E-state index contributed by atoms with van der Waals surface area (Å²) in [6.07, 6.45) is 3.06. The average molecular weight is 362 g/mol. The van der Waals surface area contributed by atoms with Crippen molar-refractivity contribution < 1.29 is 27.5 Å². The van der Waals surface area contributed by atoms with Crippen LogP contribution in [0.4, 0.5) is 0 Å². The first-order valence-electron chi connectivity index (χ1n) is 7.79. The summed E-state index contributed by atoms with van der Waals surface area (Å²) in [5.74, 6) is -2.86. The third-order valence-corrected chi connectivity index (χ3v) is 5.45. The molecule has 0 aromatic heterocycles. The number of carbonyl (C=O) groups is 3. The summed E-state index contributed by atoms with van der Waals surface area (Å²) in [4.78, 5) is 35.5. The van der Waals surface area contributed by atoms with Crippen molar-refractivity contribution >= 4 is 27.4 Å². The molecule has 0 fully saturated rings. The van der Waals surface area contributed by atoms with Crippen molar-refractivity contribution in [3.63, 3.8) is 0 Å². The van der Waals surface area contributed by atoms with Gasteiger partial charge in [0.05, 0.1) is 11.5 Å². The Morgan fingerprint density at radius 3 is 2.24 bits per heavy atom. The van der Waals surface area contributed by atoms with Crippen molar-refractivity contribution in [1.29, 1.82) is 0 Å². The molecular weight excluding hydrogens is 344 g/mol. The highest BCUT2D eigenvalue weighted by atomic mass is 32.2. The molecule has 0 bridgehead atoms. The minimum Gasteiger partial charge on any atom is -0.462 e. The first-order valence-corrected chi connectivity index (χ1v) is 9.27. The van der Waals surface area contributed by atoms with Crippen molar-refractivity contribution in [3.8, 4) is 0 Å². The van der Waals surface area contributed by atoms with E-state index in [1.54, 1.807) is 19.1 Å². The summed E-state index contributed by atoms with van der Waals surface area (Å²) in [6, 6.07) is 5.79. The average Bonchev–Trinajstić information content (AvgIpc) is 2.57. The molecule has 0 spiro atoms. The summed E-state index contributed by atoms with van der Waals surface area (Å²) in [7, 11) is -4.33. The number of benzene rings is 1. The Hall–Kier alpha value is -2.54. The van der Waals surface area contributed by atoms with E-state index in [0.29, 0.717) is 6.42 Å². The number of aryl methyl sites for hydroxylation is 1. The van der Waals surface area contributed by atoms with E-state index in [9.17, 15) is 22.8 Å². The fourth-order valence-corrected chi connectivity index (χ4v) is 3.74. The fourth-order valence-electron chi connectivity index (χ4n) is 2.22. The van der Waals surface area contributed by atoms with Crippen LogP contribution >= 0.6 is 0 Å². The highest BCUT2D eigenvalue weighted by molar-refractivity contribution is 7.96. The van der Waals surface area contributed by atoms with Crippen LogP contribution in [0.2, 0.25) is 0 Å². The normalized spacial score (nSPS) is 14.8. The Morgan fingerprint density at radius 2 is 1.64 bits per heavy atom. The summed E-state index contributed by atoms with van der Waals surface area (Å²) in [6.45, 7) is 3.71. The van der Waals surface area contributed by atoms with Gasteiger partial charge in [0, 0.05) is 0 Å². The zero-order chi connectivity index (χ0) is 18.6. The molecule has 0 saturated carbocycles. The lowest BCUT2D eigenvalue weighted by Crippen LogP contribution is -2.27. The van der Waals surface area contributed by atoms with E-state index < -0.39 is 37.9 Å². The van der Waals surface area contributed by atoms with Crippen LogP contribution in [0.3, 0.4) is 0 Å². The number of sulfone groups is 1. The predicted molar refractivity (Wildman–Crippen MR) is 90.4 cm³/mol. The first-order chi connectivity index (χ1) is 11.8. The minimum atomic E-state index is -4.33. The quantitative estimate of drug-likeness (QED) is 0.333. The Morgan fingerprint density at radius 1 is 1.04 bits per heavy atom. The van der Waals surface area contributed by atoms with Crippen molar-refractivity contribution in [2.75, 3.05) is 6.61 Å². The van der Waals surface area contributed by atoms with E-state index in [1.165, 1.54) is 12.1 Å². The molecule has 6 nitrogen and oxygen atoms in total. The molecule has 1 aliphatic rings. The Labute approximate surface area is 146 Å². The van der Waals surface area contributed by atoms with Gasteiger partial charge in [0.2, 0.25) is 9.84 Å². The van der Waals surface area contributed by atoms with Gasteiger partial charge in [-0.2, -0.15) is 0 Å². The van der Waals surface area contributed by atoms with Crippen LogP contribution in [0, 0.1) is 6.92 Å². The van der Waals surface area contributed by atoms with Gasteiger partial charge >= 0.3 is 5.97 Å². The van der Waals surface area contributed by atoms with Gasteiger partial charge in [-0.25, -0.2) is 13.2 Å². The van der Waals surface area contributed by atoms with E-state index in [1.807, 2.05) is 6.92 Å². The molecule has 7 heteroatoms. The maximum atomic E-state index is 12.8. The molecule has 0 N–H and O–H groups in total. The molecular formula is C18H18O6S. The highest BCUT2D eigenvalue weighted by Gasteiger charge is 2.38. The molecule has 0 radical (unpaired) electrons. The van der Waals surface area contributed by atoms with E-state index in [4.69, 9.17) is 4.74 Å². The van der Waals surface area contributed by atoms with Crippen LogP contribution in [-0.4, -0.2) is 32.6 Å². The summed E-state index contributed by atoms with van der Waals surface area (Å²) in [5, 5.41) is 0. The largest absolute Gasteiger partial charge is 0.462 e. The third kappa shape index (κ3) is 3.93. The molecule has 132 valence electrons. The lowest BCUT2D eigenvalue weighted by molar-refractivity contribution is -0.140.